The average molecular weight is 410 g/mol. The highest BCUT2D eigenvalue weighted by Crippen LogP contribution is 2.27. The van der Waals surface area contributed by atoms with E-state index < -0.39 is 0 Å². The van der Waals surface area contributed by atoms with Crippen molar-refractivity contribution in [3.8, 4) is 11.3 Å². The first-order valence-electron chi connectivity index (χ1n) is 10.3. The molecule has 0 radical (unpaired) electrons. The van der Waals surface area contributed by atoms with Gasteiger partial charge in [0.15, 0.2) is 11.5 Å². The predicted molar refractivity (Wildman–Crippen MR) is 116 cm³/mol. The van der Waals surface area contributed by atoms with Crippen LogP contribution in [0.4, 0.5) is 0 Å². The molecule has 152 valence electrons. The van der Waals surface area contributed by atoms with Gasteiger partial charge >= 0.3 is 0 Å². The Bertz CT molecular complexity index is 910. The molecule has 3 aromatic rings. The molecule has 1 aromatic carbocycles. The molecule has 1 saturated heterocycles. The number of carbonyl (C=O) groups is 1. The van der Waals surface area contributed by atoms with Crippen molar-refractivity contribution >= 4 is 17.2 Å². The summed E-state index contributed by atoms with van der Waals surface area (Å²) in [5, 5.41) is 9.17. The lowest BCUT2D eigenvalue weighted by atomic mass is 10.1. The molecule has 6 heteroatoms. The lowest BCUT2D eigenvalue weighted by molar-refractivity contribution is 0.0925. The number of carbonyl (C=O) groups excluding carboxylic acids is 1. The van der Waals surface area contributed by atoms with Crippen LogP contribution in [0.25, 0.3) is 11.3 Å². The topological polar surface area (TPSA) is 58.4 Å². The van der Waals surface area contributed by atoms with Crippen molar-refractivity contribution in [2.75, 3.05) is 19.6 Å². The zero-order chi connectivity index (χ0) is 20.1. The monoisotopic (exact) mass is 409 g/mol. The lowest BCUT2D eigenvalue weighted by Crippen LogP contribution is -2.38. The van der Waals surface area contributed by atoms with Gasteiger partial charge in [0.2, 0.25) is 0 Å². The van der Waals surface area contributed by atoms with Gasteiger partial charge in [0.25, 0.3) is 5.91 Å². The van der Waals surface area contributed by atoms with E-state index in [0.717, 1.165) is 18.7 Å². The fourth-order valence-electron chi connectivity index (χ4n) is 3.81. The summed E-state index contributed by atoms with van der Waals surface area (Å²) in [7, 11) is 0. The third-order valence-corrected chi connectivity index (χ3v) is 6.46. The molecular formula is C23H27N3O2S. The Labute approximate surface area is 175 Å². The molecule has 4 rings (SSSR count). The van der Waals surface area contributed by atoms with Crippen molar-refractivity contribution in [3.63, 3.8) is 0 Å². The van der Waals surface area contributed by atoms with Crippen LogP contribution in [-0.4, -0.2) is 35.6 Å². The summed E-state index contributed by atoms with van der Waals surface area (Å²) >= 11 is 1.75. The number of thiophene rings is 1. The lowest BCUT2D eigenvalue weighted by Gasteiger charge is -2.30. The van der Waals surface area contributed by atoms with Gasteiger partial charge < -0.3 is 9.84 Å². The maximum absolute atomic E-state index is 12.7. The second kappa shape index (κ2) is 9.37. The summed E-state index contributed by atoms with van der Waals surface area (Å²) in [5.41, 5.74) is 2.42. The predicted octanol–water partition coefficient (Wildman–Crippen LogP) is 5.06. The Hall–Kier alpha value is -2.44. The van der Waals surface area contributed by atoms with Crippen LogP contribution in [0.3, 0.4) is 0 Å². The third-order valence-electron chi connectivity index (χ3n) is 5.49. The SMILES string of the molecule is Cc1ccc(-c2cc(C(=O)NCC(c3cccs3)N3CCCCCC3)no2)cc1. The van der Waals surface area contributed by atoms with Crippen LogP contribution >= 0.6 is 11.3 Å². The van der Waals surface area contributed by atoms with Gasteiger partial charge in [0, 0.05) is 23.1 Å². The number of likely N-dealkylation sites (tertiary alicyclic amines) is 1. The van der Waals surface area contributed by atoms with Gasteiger partial charge in [-0.05, 0) is 44.3 Å². The number of hydrogen-bond donors (Lipinski definition) is 1. The summed E-state index contributed by atoms with van der Waals surface area (Å²) in [4.78, 5) is 16.5. The van der Waals surface area contributed by atoms with Crippen molar-refractivity contribution in [3.05, 3.63) is 64.0 Å². The molecule has 5 nitrogen and oxygen atoms in total. The van der Waals surface area contributed by atoms with Crippen molar-refractivity contribution in [2.24, 2.45) is 0 Å². The number of aryl methyl sites for hydroxylation is 1. The second-order valence-electron chi connectivity index (χ2n) is 7.63. The van der Waals surface area contributed by atoms with Crippen molar-refractivity contribution in [1.82, 2.24) is 15.4 Å². The van der Waals surface area contributed by atoms with Gasteiger partial charge in [-0.1, -0.05) is 53.9 Å². The number of aromatic nitrogens is 1. The highest BCUT2D eigenvalue weighted by molar-refractivity contribution is 7.10. The molecule has 1 aliphatic heterocycles. The largest absolute Gasteiger partial charge is 0.355 e. The highest BCUT2D eigenvalue weighted by atomic mass is 32.1. The zero-order valence-corrected chi connectivity index (χ0v) is 17.6. The quantitative estimate of drug-likeness (QED) is 0.618. The van der Waals surface area contributed by atoms with Gasteiger partial charge in [-0.15, -0.1) is 11.3 Å². The maximum Gasteiger partial charge on any atom is 0.273 e. The van der Waals surface area contributed by atoms with E-state index in [4.69, 9.17) is 4.52 Å². The van der Waals surface area contributed by atoms with Crippen LogP contribution in [0.2, 0.25) is 0 Å². The van der Waals surface area contributed by atoms with Crippen LogP contribution in [0, 0.1) is 6.92 Å². The van der Waals surface area contributed by atoms with E-state index in [-0.39, 0.29) is 11.9 Å². The molecule has 29 heavy (non-hydrogen) atoms. The number of benzene rings is 1. The standard InChI is InChI=1S/C23H27N3O2S/c1-17-8-10-18(11-9-17)21-15-19(25-28-21)23(27)24-16-20(22-7-6-14-29-22)26-12-4-2-3-5-13-26/h6-11,14-15,20H,2-5,12-13,16H2,1H3,(H,24,27). The Morgan fingerprint density at radius 2 is 1.93 bits per heavy atom. The molecule has 1 atom stereocenters. The highest BCUT2D eigenvalue weighted by Gasteiger charge is 2.24. The minimum atomic E-state index is -0.191. The minimum absolute atomic E-state index is 0.191. The first-order valence-corrected chi connectivity index (χ1v) is 11.2. The van der Waals surface area contributed by atoms with Gasteiger partial charge in [0.1, 0.15) is 0 Å². The summed E-state index contributed by atoms with van der Waals surface area (Å²) in [6, 6.07) is 14.2. The minimum Gasteiger partial charge on any atom is -0.355 e. The molecule has 3 heterocycles. The van der Waals surface area contributed by atoms with Crippen LogP contribution < -0.4 is 5.32 Å². The molecule has 1 unspecified atom stereocenters. The number of rotatable bonds is 6. The van der Waals surface area contributed by atoms with Crippen molar-refractivity contribution < 1.29 is 9.32 Å². The first kappa shape index (κ1) is 19.9. The molecule has 2 aromatic heterocycles. The van der Waals surface area contributed by atoms with E-state index in [1.807, 2.05) is 31.2 Å². The molecule has 1 amide bonds. The van der Waals surface area contributed by atoms with Gasteiger partial charge in [-0.25, -0.2) is 0 Å². The fourth-order valence-corrected chi connectivity index (χ4v) is 4.67. The molecule has 1 fully saturated rings. The Morgan fingerprint density at radius 3 is 2.62 bits per heavy atom. The van der Waals surface area contributed by atoms with Gasteiger partial charge in [0.05, 0.1) is 6.04 Å². The van der Waals surface area contributed by atoms with Crippen LogP contribution in [0.1, 0.15) is 52.7 Å². The average Bonchev–Trinajstić information content (AvgIpc) is 3.37. The fraction of sp³-hybridized carbons (Fsp3) is 0.391. The van der Waals surface area contributed by atoms with Gasteiger partial charge in [-0.3, -0.25) is 9.69 Å². The number of nitrogens with one attached hydrogen (secondary N) is 1. The Kier molecular flexibility index (Phi) is 6.42. The van der Waals surface area contributed by atoms with E-state index in [1.165, 1.54) is 36.1 Å². The summed E-state index contributed by atoms with van der Waals surface area (Å²) in [5.74, 6) is 0.418. The molecule has 0 bridgehead atoms. The van der Waals surface area contributed by atoms with Gasteiger partial charge in [-0.2, -0.15) is 0 Å². The summed E-state index contributed by atoms with van der Waals surface area (Å²) < 4.78 is 5.40. The van der Waals surface area contributed by atoms with E-state index in [1.54, 1.807) is 17.4 Å². The number of hydrogen-bond acceptors (Lipinski definition) is 5. The Morgan fingerprint density at radius 1 is 1.17 bits per heavy atom. The van der Waals surface area contributed by atoms with E-state index in [2.05, 4.69) is 32.9 Å². The second-order valence-corrected chi connectivity index (χ2v) is 8.61. The number of amides is 1. The van der Waals surface area contributed by atoms with Crippen molar-refractivity contribution in [1.29, 1.82) is 0 Å². The smallest absolute Gasteiger partial charge is 0.273 e. The van der Waals surface area contributed by atoms with Crippen LogP contribution in [0.5, 0.6) is 0 Å². The van der Waals surface area contributed by atoms with E-state index >= 15 is 0 Å². The zero-order valence-electron chi connectivity index (χ0n) is 16.8. The molecule has 1 N–H and O–H groups in total. The Balaban J connectivity index is 1.43. The third kappa shape index (κ3) is 4.95. The van der Waals surface area contributed by atoms with E-state index in [0.29, 0.717) is 18.0 Å². The molecular weight excluding hydrogens is 382 g/mol. The van der Waals surface area contributed by atoms with E-state index in [9.17, 15) is 4.79 Å². The normalized spacial score (nSPS) is 16.3. The number of nitrogens with zero attached hydrogens (tertiary/aromatic N) is 2. The van der Waals surface area contributed by atoms with Crippen LogP contribution in [-0.2, 0) is 0 Å². The van der Waals surface area contributed by atoms with Crippen molar-refractivity contribution in [2.45, 2.75) is 38.6 Å². The maximum atomic E-state index is 12.7. The molecule has 0 aliphatic carbocycles. The first-order chi connectivity index (χ1) is 14.2. The molecule has 0 spiro atoms. The van der Waals surface area contributed by atoms with Crippen LogP contribution in [0.15, 0.2) is 52.4 Å². The molecule has 1 aliphatic rings. The summed E-state index contributed by atoms with van der Waals surface area (Å²) in [6.45, 7) is 4.78. The molecule has 0 saturated carbocycles. The summed E-state index contributed by atoms with van der Waals surface area (Å²) in [6.07, 6.45) is 5.03.